The number of hydrogen-bond acceptors (Lipinski definition) is 16. The Balaban J connectivity index is 0.00000179. The van der Waals surface area contributed by atoms with Crippen LogP contribution in [0.4, 0.5) is 13.2 Å². The van der Waals surface area contributed by atoms with Crippen molar-refractivity contribution >= 4 is 89.6 Å². The van der Waals surface area contributed by atoms with E-state index < -0.39 is 121 Å². The maximum Gasteiger partial charge on any atom is 0.490 e. The molecule has 10 atom stereocenters. The van der Waals surface area contributed by atoms with Crippen LogP contribution in [0.1, 0.15) is 49.8 Å². The Kier molecular flexibility index (Phi) is 26.9. The van der Waals surface area contributed by atoms with Crippen LogP contribution in [0.3, 0.4) is 0 Å². The predicted molar refractivity (Wildman–Crippen MR) is 293 cm³/mol. The fourth-order valence-electron chi connectivity index (χ4n) is 7.72. The highest BCUT2D eigenvalue weighted by Gasteiger charge is 2.39. The maximum absolute atomic E-state index is 14.7. The minimum absolute atomic E-state index is 0.0317. The molecule has 7 amide bonds. The fourth-order valence-corrected chi connectivity index (χ4v) is 11.6. The standard InChI is InChI=1S/C49H66N10O10S3.C2HF3O2/c1-28(61)39(25-60)56-48(68)41-27-71-72-70-26-40(57-43(63)34(51)21-30-13-5-3-6-14-30)47(67)54-37(22-31-15-7-4-8-16-31)45(65)55-38(23-32-24-52-35-18-10-9-17-33(32)35)46(66)53-36(19-11-12-20-50)44(64)59-42(29(2)62)49(69)58-41;3-2(4,5)1(6)7/h3-10,13-18,24,28-29,34,36-42,52,60-62H,11-12,19-23,25-27,50-51H2,1-2H3,(H,53,66)(H,54,67)(H,55,65)(H,56,68)(H,57,63)(H,58,69)(H,59,64);(H,6,7)/t28-,29-,34-,36+,37+,38-,39-,40+,41+,42+;/m1./s1. The van der Waals surface area contributed by atoms with Crippen LogP contribution in [0, 0.1) is 0 Å². The first-order chi connectivity index (χ1) is 37.5. The third kappa shape index (κ3) is 21.6. The van der Waals surface area contributed by atoms with Gasteiger partial charge in [0.05, 0.1) is 30.9 Å². The van der Waals surface area contributed by atoms with Crippen molar-refractivity contribution in [2.75, 3.05) is 24.7 Å². The van der Waals surface area contributed by atoms with E-state index in [1.54, 1.807) is 36.5 Å². The van der Waals surface area contributed by atoms with E-state index in [4.69, 9.17) is 21.4 Å². The molecule has 0 bridgehead atoms. The molecule has 1 fully saturated rings. The van der Waals surface area contributed by atoms with Gasteiger partial charge in [-0.05, 0) is 78.7 Å². The number of aromatic amines is 1. The maximum atomic E-state index is 14.7. The number of carboxylic acids is 1. The number of aromatic nitrogens is 1. The normalized spacial score (nSPS) is 21.8. The van der Waals surface area contributed by atoms with Crippen LogP contribution in [-0.2, 0) is 57.6 Å². The highest BCUT2D eigenvalue weighted by molar-refractivity contribution is 9.09. The summed E-state index contributed by atoms with van der Waals surface area (Å²) in [5.41, 5.74) is 15.0. The fraction of sp³-hybridized carbons (Fsp3) is 0.451. The summed E-state index contributed by atoms with van der Waals surface area (Å²) in [4.78, 5) is 112. The number of benzene rings is 3. The number of fused-ring (bicyclic) bond motifs is 1. The first-order valence-corrected chi connectivity index (χ1v) is 28.7. The molecule has 0 unspecified atom stereocenters. The Morgan fingerprint density at radius 2 is 1.29 bits per heavy atom. The number of halogens is 3. The minimum Gasteiger partial charge on any atom is -0.475 e. The van der Waals surface area contributed by atoms with E-state index in [1.165, 1.54) is 13.8 Å². The minimum atomic E-state index is -5.08. The molecule has 1 aromatic heterocycles. The van der Waals surface area contributed by atoms with Crippen LogP contribution in [0.25, 0.3) is 10.9 Å². The number of unbranched alkanes of at least 4 members (excludes halogenated alkanes) is 1. The van der Waals surface area contributed by atoms with Gasteiger partial charge in [0.1, 0.15) is 36.3 Å². The largest absolute Gasteiger partial charge is 0.490 e. The molecule has 1 aliphatic heterocycles. The molecule has 79 heavy (non-hydrogen) atoms. The monoisotopic (exact) mass is 1160 g/mol. The second-order valence-electron chi connectivity index (χ2n) is 18.3. The zero-order chi connectivity index (χ0) is 58.2. The van der Waals surface area contributed by atoms with Crippen LogP contribution in [-0.4, -0.2) is 164 Å². The highest BCUT2D eigenvalue weighted by atomic mass is 33.5. The van der Waals surface area contributed by atoms with Gasteiger partial charge in [-0.2, -0.15) is 13.2 Å². The summed E-state index contributed by atoms with van der Waals surface area (Å²) >= 11 is 0. The van der Waals surface area contributed by atoms with Crippen molar-refractivity contribution in [2.24, 2.45) is 11.5 Å². The molecular formula is C51H67F3N10O12S3. The number of nitrogens with one attached hydrogen (secondary N) is 8. The van der Waals surface area contributed by atoms with Gasteiger partial charge in [-0.15, -0.1) is 0 Å². The summed E-state index contributed by atoms with van der Waals surface area (Å²) in [5.74, 6) is -8.53. The second-order valence-corrected chi connectivity index (χ2v) is 22.7. The lowest BCUT2D eigenvalue weighted by atomic mass is 10.0. The van der Waals surface area contributed by atoms with Crippen molar-refractivity contribution in [2.45, 2.75) is 119 Å². The average molecular weight is 1170 g/mol. The van der Waals surface area contributed by atoms with Crippen molar-refractivity contribution in [3.63, 3.8) is 0 Å². The molecule has 3 aromatic carbocycles. The number of carbonyl (C=O) groups is 8. The van der Waals surface area contributed by atoms with E-state index in [-0.39, 0.29) is 43.7 Å². The number of hydrogen-bond donors (Lipinski definition) is 14. The van der Waals surface area contributed by atoms with E-state index in [0.29, 0.717) is 24.0 Å². The van der Waals surface area contributed by atoms with Crippen LogP contribution < -0.4 is 48.7 Å². The Morgan fingerprint density at radius 1 is 0.734 bits per heavy atom. The molecule has 0 saturated carbocycles. The Bertz CT molecular complexity index is 2640. The molecule has 4 aromatic rings. The number of aliphatic hydroxyl groups excluding tert-OH is 3. The van der Waals surface area contributed by atoms with Crippen molar-refractivity contribution in [3.8, 4) is 0 Å². The van der Waals surface area contributed by atoms with E-state index >= 15 is 0 Å². The quantitative estimate of drug-likeness (QED) is 0.0505. The van der Waals surface area contributed by atoms with Gasteiger partial charge in [0.15, 0.2) is 0 Å². The van der Waals surface area contributed by atoms with Gasteiger partial charge in [0, 0.05) is 41.4 Å². The highest BCUT2D eigenvalue weighted by Crippen LogP contribution is 2.35. The Labute approximate surface area is 464 Å². The number of carboxylic acid groups (broad SMARTS) is 1. The lowest BCUT2D eigenvalue weighted by Gasteiger charge is -2.28. The van der Waals surface area contributed by atoms with Gasteiger partial charge >= 0.3 is 12.1 Å². The van der Waals surface area contributed by atoms with Crippen molar-refractivity contribution in [3.05, 3.63) is 108 Å². The van der Waals surface area contributed by atoms with Gasteiger partial charge in [0.2, 0.25) is 41.4 Å². The molecule has 5 rings (SSSR count). The smallest absolute Gasteiger partial charge is 0.475 e. The number of nitrogens with two attached hydrogens (primary N) is 2. The number of alkyl halides is 3. The van der Waals surface area contributed by atoms with E-state index in [0.717, 1.165) is 47.9 Å². The van der Waals surface area contributed by atoms with Crippen LogP contribution >= 0.6 is 31.4 Å². The molecule has 432 valence electrons. The van der Waals surface area contributed by atoms with E-state index in [9.17, 15) is 62.1 Å². The van der Waals surface area contributed by atoms with E-state index in [2.05, 4.69) is 42.2 Å². The second kappa shape index (κ2) is 32.6. The van der Waals surface area contributed by atoms with Gasteiger partial charge in [0.25, 0.3) is 0 Å². The Hall–Kier alpha value is -6.40. The molecule has 16 N–H and O–H groups in total. The molecule has 0 radical (unpaired) electrons. The molecule has 0 aliphatic carbocycles. The van der Waals surface area contributed by atoms with Gasteiger partial charge < -0.3 is 74.1 Å². The molecule has 28 heteroatoms. The molecule has 1 saturated heterocycles. The summed E-state index contributed by atoms with van der Waals surface area (Å²) in [6, 6.07) is 14.8. The molecule has 2 heterocycles. The number of carbonyl (C=O) groups excluding carboxylic acids is 7. The number of rotatable bonds is 17. The summed E-state index contributed by atoms with van der Waals surface area (Å²) in [6.45, 7) is 2.26. The summed E-state index contributed by atoms with van der Waals surface area (Å²) in [7, 11) is 3.31. The number of H-pyrrole nitrogens is 1. The molecule has 0 spiro atoms. The zero-order valence-corrected chi connectivity index (χ0v) is 45.5. The van der Waals surface area contributed by atoms with Crippen LogP contribution in [0.5, 0.6) is 0 Å². The third-order valence-corrected chi connectivity index (χ3v) is 16.4. The predicted octanol–water partition coefficient (Wildman–Crippen LogP) is 0.476. The van der Waals surface area contributed by atoms with Crippen LogP contribution in [0.15, 0.2) is 91.1 Å². The SMILES string of the molecule is C[C@@H](O)[C@@H]1NC(=O)[C@H](CCCCN)NC(=O)[C@@H](Cc2c[nH]c3ccccc23)NC(=O)[C@H](Cc2ccccc2)NC(=O)[C@@H](NC(=O)[C@H](N)Cc2ccccc2)CSSSC[C@@H](C(=O)N[C@H](CO)[C@@H](C)O)NC1=O.O=C(O)C(F)(F)F. The van der Waals surface area contributed by atoms with Crippen molar-refractivity contribution < 1.29 is 72.0 Å². The average Bonchev–Trinajstić information content (AvgIpc) is 3.92. The summed E-state index contributed by atoms with van der Waals surface area (Å²) in [6.07, 6.45) is -5.20. The summed E-state index contributed by atoms with van der Waals surface area (Å²) in [5, 5.41) is 57.7. The van der Waals surface area contributed by atoms with Gasteiger partial charge in [-0.25, -0.2) is 4.79 Å². The molecular weight excluding hydrogens is 1100 g/mol. The number of aliphatic carboxylic acids is 1. The number of amides is 7. The van der Waals surface area contributed by atoms with Crippen molar-refractivity contribution in [1.29, 1.82) is 0 Å². The third-order valence-electron chi connectivity index (χ3n) is 12.1. The van der Waals surface area contributed by atoms with Gasteiger partial charge in [-0.1, -0.05) is 100 Å². The van der Waals surface area contributed by atoms with Crippen LogP contribution in [0.2, 0.25) is 0 Å². The Morgan fingerprint density at radius 3 is 1.89 bits per heavy atom. The zero-order valence-electron chi connectivity index (χ0n) is 43.1. The topological polar surface area (TPSA) is 370 Å². The first kappa shape index (κ1) is 65.1. The summed E-state index contributed by atoms with van der Waals surface area (Å²) < 4.78 is 31.7. The lowest BCUT2D eigenvalue weighted by Crippen LogP contribution is -2.62. The number of aliphatic hydroxyl groups is 3. The number of para-hydroxylation sites is 1. The molecule has 1 aliphatic rings. The van der Waals surface area contributed by atoms with Gasteiger partial charge in [-0.3, -0.25) is 33.6 Å². The first-order valence-electron chi connectivity index (χ1n) is 24.9. The van der Waals surface area contributed by atoms with Crippen molar-refractivity contribution in [1.82, 2.24) is 42.2 Å². The molecule has 22 nitrogen and oxygen atoms in total. The lowest BCUT2D eigenvalue weighted by molar-refractivity contribution is -0.192. The van der Waals surface area contributed by atoms with E-state index in [1.807, 2.05) is 54.6 Å².